The second-order valence-corrected chi connectivity index (χ2v) is 7.72. The second-order valence-electron chi connectivity index (χ2n) is 5.67. The van der Waals surface area contributed by atoms with E-state index in [4.69, 9.17) is 0 Å². The van der Waals surface area contributed by atoms with E-state index in [0.29, 0.717) is 18.9 Å². The van der Waals surface area contributed by atoms with E-state index in [9.17, 15) is 8.42 Å². The third kappa shape index (κ3) is 4.86. The maximum Gasteiger partial charge on any atom is 0.214 e. The van der Waals surface area contributed by atoms with Crippen LogP contribution in [0.2, 0.25) is 0 Å². The summed E-state index contributed by atoms with van der Waals surface area (Å²) in [6.45, 7) is 5.61. The molecule has 0 spiro atoms. The molecule has 0 aromatic rings. The van der Waals surface area contributed by atoms with Crippen molar-refractivity contribution in [3.05, 3.63) is 0 Å². The Labute approximate surface area is 112 Å². The van der Waals surface area contributed by atoms with Gasteiger partial charge in [0.15, 0.2) is 0 Å². The van der Waals surface area contributed by atoms with Crippen LogP contribution >= 0.6 is 0 Å². The molecule has 1 saturated carbocycles. The predicted molar refractivity (Wildman–Crippen MR) is 76.1 cm³/mol. The number of hydrogen-bond donors (Lipinski definition) is 1. The van der Waals surface area contributed by atoms with E-state index in [0.717, 1.165) is 19.4 Å². The summed E-state index contributed by atoms with van der Waals surface area (Å²) in [4.78, 5) is 0. The SMILES string of the molecule is CNCCCS(=O)(=O)N(CC(C)C)C1CCCC1. The van der Waals surface area contributed by atoms with Gasteiger partial charge in [0.1, 0.15) is 0 Å². The van der Waals surface area contributed by atoms with Gasteiger partial charge >= 0.3 is 0 Å². The first kappa shape index (κ1) is 15.9. The van der Waals surface area contributed by atoms with E-state index >= 15 is 0 Å². The van der Waals surface area contributed by atoms with Crippen molar-refractivity contribution in [2.45, 2.75) is 52.0 Å². The van der Waals surface area contributed by atoms with Gasteiger partial charge in [0.25, 0.3) is 0 Å². The van der Waals surface area contributed by atoms with Gasteiger partial charge in [-0.1, -0.05) is 26.7 Å². The predicted octanol–water partition coefficient (Wildman–Crippen LogP) is 1.83. The smallest absolute Gasteiger partial charge is 0.214 e. The quantitative estimate of drug-likeness (QED) is 0.688. The van der Waals surface area contributed by atoms with Crippen molar-refractivity contribution in [2.75, 3.05) is 25.9 Å². The molecule has 0 atom stereocenters. The monoisotopic (exact) mass is 276 g/mol. The van der Waals surface area contributed by atoms with Crippen LogP contribution in [0.5, 0.6) is 0 Å². The lowest BCUT2D eigenvalue weighted by molar-refractivity contribution is 0.292. The number of sulfonamides is 1. The fourth-order valence-corrected chi connectivity index (χ4v) is 4.52. The minimum atomic E-state index is -3.08. The summed E-state index contributed by atoms with van der Waals surface area (Å²) < 4.78 is 26.6. The molecule has 0 bridgehead atoms. The van der Waals surface area contributed by atoms with Crippen molar-refractivity contribution in [3.63, 3.8) is 0 Å². The van der Waals surface area contributed by atoms with Gasteiger partial charge in [-0.25, -0.2) is 8.42 Å². The summed E-state index contributed by atoms with van der Waals surface area (Å²) >= 11 is 0. The molecule has 0 unspecified atom stereocenters. The molecule has 18 heavy (non-hydrogen) atoms. The Morgan fingerprint density at radius 2 is 1.89 bits per heavy atom. The molecule has 0 heterocycles. The molecule has 5 heteroatoms. The lowest BCUT2D eigenvalue weighted by atomic mass is 10.2. The summed E-state index contributed by atoms with van der Waals surface area (Å²) in [7, 11) is -1.22. The average molecular weight is 276 g/mol. The van der Waals surface area contributed by atoms with Crippen LogP contribution in [0.1, 0.15) is 46.0 Å². The van der Waals surface area contributed by atoms with Crippen LogP contribution in [0.3, 0.4) is 0 Å². The van der Waals surface area contributed by atoms with Crippen LogP contribution in [-0.2, 0) is 10.0 Å². The Kier molecular flexibility index (Phi) is 6.60. The Morgan fingerprint density at radius 1 is 1.28 bits per heavy atom. The molecule has 0 aromatic carbocycles. The standard InChI is InChI=1S/C13H28N2O2S/c1-12(2)11-15(13-7-4-5-8-13)18(16,17)10-6-9-14-3/h12-14H,4-11H2,1-3H3. The van der Waals surface area contributed by atoms with Crippen LogP contribution < -0.4 is 5.32 Å². The molecule has 0 aliphatic heterocycles. The van der Waals surface area contributed by atoms with Crippen LogP contribution in [0.25, 0.3) is 0 Å². The Balaban J connectivity index is 2.67. The zero-order chi connectivity index (χ0) is 13.6. The zero-order valence-electron chi connectivity index (χ0n) is 12.0. The van der Waals surface area contributed by atoms with Gasteiger partial charge in [-0.05, 0) is 38.8 Å². The lowest BCUT2D eigenvalue weighted by Gasteiger charge is -2.29. The van der Waals surface area contributed by atoms with E-state index < -0.39 is 10.0 Å². The van der Waals surface area contributed by atoms with Gasteiger partial charge in [-0.15, -0.1) is 0 Å². The van der Waals surface area contributed by atoms with E-state index in [2.05, 4.69) is 19.2 Å². The van der Waals surface area contributed by atoms with Crippen molar-refractivity contribution in [2.24, 2.45) is 5.92 Å². The largest absolute Gasteiger partial charge is 0.320 e. The van der Waals surface area contributed by atoms with Crippen molar-refractivity contribution in [3.8, 4) is 0 Å². The number of hydrogen-bond acceptors (Lipinski definition) is 3. The van der Waals surface area contributed by atoms with Crippen LogP contribution in [0.4, 0.5) is 0 Å². The maximum absolute atomic E-state index is 12.4. The first-order valence-electron chi connectivity index (χ1n) is 7.11. The molecule has 1 N–H and O–H groups in total. The Bertz CT molecular complexity index is 322. The topological polar surface area (TPSA) is 49.4 Å². The summed E-state index contributed by atoms with van der Waals surface area (Å²) in [6.07, 6.45) is 5.12. The zero-order valence-corrected chi connectivity index (χ0v) is 12.8. The normalized spacial score (nSPS) is 18.1. The molecule has 0 saturated heterocycles. The average Bonchev–Trinajstić information content (AvgIpc) is 2.78. The molecule has 4 nitrogen and oxygen atoms in total. The van der Waals surface area contributed by atoms with Gasteiger partial charge in [0.05, 0.1) is 5.75 Å². The first-order valence-corrected chi connectivity index (χ1v) is 8.72. The fraction of sp³-hybridized carbons (Fsp3) is 1.00. The number of rotatable bonds is 8. The second kappa shape index (κ2) is 7.46. The van der Waals surface area contributed by atoms with E-state index in [1.807, 2.05) is 7.05 Å². The summed E-state index contributed by atoms with van der Waals surface area (Å²) in [5, 5.41) is 3.01. The summed E-state index contributed by atoms with van der Waals surface area (Å²) in [5.41, 5.74) is 0. The number of nitrogens with zero attached hydrogens (tertiary/aromatic N) is 1. The van der Waals surface area contributed by atoms with Crippen molar-refractivity contribution >= 4 is 10.0 Å². The molecule has 1 aliphatic carbocycles. The molecule has 1 fully saturated rings. The summed E-state index contributed by atoms with van der Waals surface area (Å²) in [6, 6.07) is 0.256. The Hall–Kier alpha value is -0.130. The third-order valence-corrected chi connectivity index (χ3v) is 5.43. The van der Waals surface area contributed by atoms with E-state index in [1.165, 1.54) is 12.8 Å². The van der Waals surface area contributed by atoms with Crippen LogP contribution in [0.15, 0.2) is 0 Å². The van der Waals surface area contributed by atoms with Gasteiger partial charge in [0, 0.05) is 12.6 Å². The van der Waals surface area contributed by atoms with Crippen molar-refractivity contribution < 1.29 is 8.42 Å². The molecule has 1 rings (SSSR count). The molecule has 1 aliphatic rings. The van der Waals surface area contributed by atoms with E-state index in [1.54, 1.807) is 4.31 Å². The molecular formula is C13H28N2O2S. The summed E-state index contributed by atoms with van der Waals surface area (Å²) in [5.74, 6) is 0.668. The minimum absolute atomic E-state index is 0.256. The molecule has 0 amide bonds. The fourth-order valence-electron chi connectivity index (χ4n) is 2.59. The highest BCUT2D eigenvalue weighted by molar-refractivity contribution is 7.89. The highest BCUT2D eigenvalue weighted by Crippen LogP contribution is 2.26. The van der Waals surface area contributed by atoms with Gasteiger partial charge in [0.2, 0.25) is 10.0 Å². The first-order chi connectivity index (χ1) is 8.47. The highest BCUT2D eigenvalue weighted by Gasteiger charge is 2.31. The van der Waals surface area contributed by atoms with E-state index in [-0.39, 0.29) is 11.8 Å². The maximum atomic E-state index is 12.4. The van der Waals surface area contributed by atoms with Crippen molar-refractivity contribution in [1.82, 2.24) is 9.62 Å². The number of nitrogens with one attached hydrogen (secondary N) is 1. The molecule has 0 aromatic heterocycles. The van der Waals surface area contributed by atoms with Crippen LogP contribution in [0, 0.1) is 5.92 Å². The molecule has 0 radical (unpaired) electrons. The highest BCUT2D eigenvalue weighted by atomic mass is 32.2. The third-order valence-electron chi connectivity index (χ3n) is 3.46. The minimum Gasteiger partial charge on any atom is -0.320 e. The van der Waals surface area contributed by atoms with Crippen molar-refractivity contribution in [1.29, 1.82) is 0 Å². The molecule has 108 valence electrons. The van der Waals surface area contributed by atoms with Crippen LogP contribution in [-0.4, -0.2) is 44.7 Å². The van der Waals surface area contributed by atoms with Gasteiger partial charge in [-0.2, -0.15) is 4.31 Å². The Morgan fingerprint density at radius 3 is 2.39 bits per heavy atom. The van der Waals surface area contributed by atoms with Gasteiger partial charge < -0.3 is 5.32 Å². The van der Waals surface area contributed by atoms with Gasteiger partial charge in [-0.3, -0.25) is 0 Å². The lowest BCUT2D eigenvalue weighted by Crippen LogP contribution is -2.42. The molecular weight excluding hydrogens is 248 g/mol.